The first kappa shape index (κ1) is 9.69. The zero-order chi connectivity index (χ0) is 8.69. The zero-order valence-corrected chi connectivity index (χ0v) is 6.91. The van der Waals surface area contributed by atoms with E-state index in [4.69, 9.17) is 5.11 Å². The smallest absolute Gasteiger partial charge is 0.133 e. The Morgan fingerprint density at radius 3 is 2.55 bits per heavy atom. The maximum atomic E-state index is 9.03. The fourth-order valence-electron chi connectivity index (χ4n) is 0.460. The molecule has 0 aromatic carbocycles. The highest BCUT2D eigenvalue weighted by molar-refractivity contribution is 5.75. The van der Waals surface area contributed by atoms with Crippen LogP contribution in [0.25, 0.3) is 0 Å². The Morgan fingerprint density at radius 1 is 1.45 bits per heavy atom. The van der Waals surface area contributed by atoms with E-state index < -0.39 is 0 Å². The first-order valence-electron chi connectivity index (χ1n) is 3.33. The molecule has 0 spiro atoms. The maximum Gasteiger partial charge on any atom is 0.133 e. The lowest BCUT2D eigenvalue weighted by molar-refractivity contribution is 0.446. The molecule has 0 heterocycles. The van der Waals surface area contributed by atoms with Crippen LogP contribution in [0.2, 0.25) is 0 Å². The van der Waals surface area contributed by atoms with Crippen LogP contribution in [-0.4, -0.2) is 18.4 Å². The molecule has 0 saturated carbocycles. The Balaban J connectivity index is 4.21. The van der Waals surface area contributed by atoms with Crippen LogP contribution in [-0.2, 0) is 0 Å². The average Bonchev–Trinajstić information content (AvgIpc) is 2.01. The van der Waals surface area contributed by atoms with Crippen LogP contribution >= 0.6 is 0 Å². The van der Waals surface area contributed by atoms with Crippen molar-refractivity contribution in [2.24, 2.45) is 4.99 Å². The molecule has 0 saturated heterocycles. The summed E-state index contributed by atoms with van der Waals surface area (Å²) in [7, 11) is 1.61. The Morgan fingerprint density at radius 2 is 2.09 bits per heavy atom. The number of nitrogens with zero attached hydrogens (tertiary/aromatic N) is 1. The third-order valence-corrected chi connectivity index (χ3v) is 1.10. The van der Waals surface area contributed by atoms with Crippen molar-refractivity contribution < 1.29 is 5.11 Å². The Kier molecular flexibility index (Phi) is 4.82. The molecule has 0 aromatic heterocycles. The van der Waals surface area contributed by atoms with E-state index >= 15 is 0 Å². The summed E-state index contributed by atoms with van der Waals surface area (Å²) in [4.78, 5) is 3.64. The van der Waals surface area contributed by atoms with E-state index in [0.717, 1.165) is 5.57 Å². The van der Waals surface area contributed by atoms with Crippen LogP contribution in [0.3, 0.4) is 0 Å². The number of aliphatic hydroxyl groups is 1. The lowest BCUT2D eigenvalue weighted by atomic mass is 10.2. The molecule has 1 N–H and O–H groups in total. The van der Waals surface area contributed by atoms with E-state index in [-0.39, 0.29) is 5.76 Å². The van der Waals surface area contributed by atoms with Gasteiger partial charge in [-0.25, -0.2) is 0 Å². The van der Waals surface area contributed by atoms with Crippen LogP contribution in [0, 0.1) is 0 Å². The van der Waals surface area contributed by atoms with Gasteiger partial charge in [-0.3, -0.25) is 4.99 Å². The van der Waals surface area contributed by atoms with E-state index in [9.17, 15) is 0 Å². The average molecular weight is 151 g/mol. The fourth-order valence-corrected chi connectivity index (χ4v) is 0.460. The SMILES string of the molecule is C=C\C(C)=C/C=C(O)\C=N/C. The molecule has 0 radical (unpaired) electrons. The molecule has 0 fully saturated rings. The molecule has 11 heavy (non-hydrogen) atoms. The highest BCUT2D eigenvalue weighted by Crippen LogP contribution is 1.94. The van der Waals surface area contributed by atoms with E-state index in [1.807, 2.05) is 6.92 Å². The minimum absolute atomic E-state index is 0.147. The van der Waals surface area contributed by atoms with E-state index in [2.05, 4.69) is 11.6 Å². The van der Waals surface area contributed by atoms with Gasteiger partial charge in [0.05, 0.1) is 6.21 Å². The van der Waals surface area contributed by atoms with Gasteiger partial charge in [0.1, 0.15) is 5.76 Å². The molecule has 0 bridgehead atoms. The lowest BCUT2D eigenvalue weighted by Crippen LogP contribution is -1.79. The van der Waals surface area contributed by atoms with Crippen molar-refractivity contribution in [2.45, 2.75) is 6.92 Å². The predicted molar refractivity (Wildman–Crippen MR) is 49.1 cm³/mol. The van der Waals surface area contributed by atoms with Crippen molar-refractivity contribution in [3.63, 3.8) is 0 Å². The highest BCUT2D eigenvalue weighted by atomic mass is 16.3. The molecule has 0 rings (SSSR count). The molecule has 0 aliphatic heterocycles. The first-order valence-corrected chi connectivity index (χ1v) is 3.33. The molecule has 0 unspecified atom stereocenters. The number of rotatable bonds is 3. The zero-order valence-electron chi connectivity index (χ0n) is 6.91. The van der Waals surface area contributed by atoms with Crippen LogP contribution in [0.15, 0.2) is 41.1 Å². The Hall–Kier alpha value is -1.31. The number of hydrogen-bond donors (Lipinski definition) is 1. The van der Waals surface area contributed by atoms with Gasteiger partial charge in [0, 0.05) is 7.05 Å². The van der Waals surface area contributed by atoms with Gasteiger partial charge in [-0.1, -0.05) is 24.3 Å². The second-order valence-corrected chi connectivity index (χ2v) is 2.09. The summed E-state index contributed by atoms with van der Waals surface area (Å²) in [6.45, 7) is 5.47. The molecular weight excluding hydrogens is 138 g/mol. The summed E-state index contributed by atoms with van der Waals surface area (Å²) in [6.07, 6.45) is 6.44. The summed E-state index contributed by atoms with van der Waals surface area (Å²) in [5, 5.41) is 9.03. The van der Waals surface area contributed by atoms with Gasteiger partial charge >= 0.3 is 0 Å². The number of aliphatic imine (C=N–C) groups is 1. The third kappa shape index (κ3) is 5.15. The summed E-state index contributed by atoms with van der Waals surface area (Å²) in [6, 6.07) is 0. The van der Waals surface area contributed by atoms with E-state index in [0.29, 0.717) is 0 Å². The molecule has 0 aliphatic carbocycles. The molecule has 0 amide bonds. The van der Waals surface area contributed by atoms with Gasteiger partial charge in [0.15, 0.2) is 0 Å². The first-order chi connectivity index (χ1) is 5.20. The van der Waals surface area contributed by atoms with Crippen LogP contribution < -0.4 is 0 Å². The fraction of sp³-hybridized carbons (Fsp3) is 0.222. The number of allylic oxidation sites excluding steroid dienone is 5. The van der Waals surface area contributed by atoms with Gasteiger partial charge < -0.3 is 5.11 Å². The van der Waals surface area contributed by atoms with Gasteiger partial charge in [-0.2, -0.15) is 0 Å². The normalized spacial score (nSPS) is 14.0. The quantitative estimate of drug-likeness (QED) is 0.374. The maximum absolute atomic E-state index is 9.03. The van der Waals surface area contributed by atoms with Crippen molar-refractivity contribution in [2.75, 3.05) is 7.05 Å². The minimum Gasteiger partial charge on any atom is -0.506 e. The van der Waals surface area contributed by atoms with Crippen LogP contribution in [0.4, 0.5) is 0 Å². The summed E-state index contributed by atoms with van der Waals surface area (Å²) >= 11 is 0. The van der Waals surface area contributed by atoms with Gasteiger partial charge in [-0.05, 0) is 13.0 Å². The summed E-state index contributed by atoms with van der Waals surface area (Å²) in [5.74, 6) is 0.147. The lowest BCUT2D eigenvalue weighted by Gasteiger charge is -1.87. The van der Waals surface area contributed by atoms with E-state index in [1.165, 1.54) is 6.21 Å². The monoisotopic (exact) mass is 151 g/mol. The third-order valence-electron chi connectivity index (χ3n) is 1.10. The van der Waals surface area contributed by atoms with Crippen molar-refractivity contribution in [1.29, 1.82) is 0 Å². The minimum atomic E-state index is 0.147. The van der Waals surface area contributed by atoms with Crippen LogP contribution in [0.1, 0.15) is 6.92 Å². The number of aliphatic hydroxyl groups excluding tert-OH is 1. The highest BCUT2D eigenvalue weighted by Gasteiger charge is 1.81. The standard InChI is InChI=1S/C9H13NO/c1-4-8(2)5-6-9(11)7-10-3/h4-7,11H,1H2,2-3H3/b8-5-,9-6+,10-7-. The summed E-state index contributed by atoms with van der Waals surface area (Å²) < 4.78 is 0. The second kappa shape index (κ2) is 5.47. The van der Waals surface area contributed by atoms with Crippen molar-refractivity contribution in [3.05, 3.63) is 36.1 Å². The van der Waals surface area contributed by atoms with Gasteiger partial charge in [0.25, 0.3) is 0 Å². The molecule has 0 aliphatic rings. The number of hydrogen-bond acceptors (Lipinski definition) is 2. The molecule has 0 atom stereocenters. The van der Waals surface area contributed by atoms with Gasteiger partial charge in [0.2, 0.25) is 0 Å². The van der Waals surface area contributed by atoms with Crippen molar-refractivity contribution >= 4 is 6.21 Å². The second-order valence-electron chi connectivity index (χ2n) is 2.09. The molecular formula is C9H13NO. The van der Waals surface area contributed by atoms with E-state index in [1.54, 1.807) is 25.3 Å². The predicted octanol–water partition coefficient (Wildman–Crippen LogP) is 2.26. The largest absolute Gasteiger partial charge is 0.506 e. The Bertz CT molecular complexity index is 212. The molecule has 60 valence electrons. The molecule has 2 nitrogen and oxygen atoms in total. The topological polar surface area (TPSA) is 32.6 Å². The van der Waals surface area contributed by atoms with Gasteiger partial charge in [-0.15, -0.1) is 0 Å². The Labute approximate surface area is 67.3 Å². The van der Waals surface area contributed by atoms with Crippen molar-refractivity contribution in [1.82, 2.24) is 0 Å². The molecule has 0 aromatic rings. The molecule has 2 heteroatoms. The van der Waals surface area contributed by atoms with Crippen molar-refractivity contribution in [3.8, 4) is 0 Å². The summed E-state index contributed by atoms with van der Waals surface area (Å²) in [5.41, 5.74) is 1.00. The van der Waals surface area contributed by atoms with Crippen LogP contribution in [0.5, 0.6) is 0 Å².